The number of hydrogen-bond donors (Lipinski definition) is 0. The molecular weight excluding hydrogens is 242 g/mol. The molecule has 0 N–H and O–H groups in total. The van der Waals surface area contributed by atoms with Gasteiger partial charge in [0.15, 0.2) is 5.78 Å². The Balaban J connectivity index is 1.89. The molecule has 1 aliphatic rings. The number of amides is 1. The smallest absolute Gasteiger partial charge is 0.225 e. The summed E-state index contributed by atoms with van der Waals surface area (Å²) >= 11 is 0. The van der Waals surface area contributed by atoms with Crippen LogP contribution in [0, 0.1) is 0 Å². The number of ether oxygens (including phenoxy) is 1. The fourth-order valence-corrected chi connectivity index (χ4v) is 2.17. The van der Waals surface area contributed by atoms with Gasteiger partial charge in [-0.2, -0.15) is 0 Å². The van der Waals surface area contributed by atoms with E-state index in [4.69, 9.17) is 4.74 Å². The summed E-state index contributed by atoms with van der Waals surface area (Å²) in [6, 6.07) is 9.07. The third kappa shape index (κ3) is 3.20. The van der Waals surface area contributed by atoms with Crippen LogP contribution in [-0.2, 0) is 9.53 Å². The molecule has 102 valence electrons. The van der Waals surface area contributed by atoms with Crippen LogP contribution in [0.4, 0.5) is 0 Å². The zero-order valence-corrected chi connectivity index (χ0v) is 11.4. The number of carbonyl (C=O) groups excluding carboxylic acids is 2. The number of hydrogen-bond acceptors (Lipinski definition) is 3. The van der Waals surface area contributed by atoms with Gasteiger partial charge in [0.05, 0.1) is 12.1 Å². The maximum absolute atomic E-state index is 12.1. The lowest BCUT2D eigenvalue weighted by Gasteiger charge is -2.29. The van der Waals surface area contributed by atoms with Crippen molar-refractivity contribution in [2.75, 3.05) is 13.3 Å². The summed E-state index contributed by atoms with van der Waals surface area (Å²) < 4.78 is 5.31. The van der Waals surface area contributed by atoms with Crippen molar-refractivity contribution in [2.24, 2.45) is 0 Å². The van der Waals surface area contributed by atoms with Crippen LogP contribution in [0.15, 0.2) is 30.3 Å². The van der Waals surface area contributed by atoms with Crippen LogP contribution in [0.25, 0.3) is 0 Å². The van der Waals surface area contributed by atoms with Gasteiger partial charge < -0.3 is 9.64 Å². The zero-order valence-electron chi connectivity index (χ0n) is 11.4. The Morgan fingerprint density at radius 3 is 2.47 bits per heavy atom. The van der Waals surface area contributed by atoms with E-state index in [1.165, 1.54) is 0 Å². The first kappa shape index (κ1) is 13.7. The minimum absolute atomic E-state index is 0.00636. The Bertz CT molecular complexity index is 468. The second kappa shape index (κ2) is 5.53. The number of nitrogens with zero attached hydrogens (tertiary/aromatic N) is 1. The Morgan fingerprint density at radius 1 is 1.21 bits per heavy atom. The van der Waals surface area contributed by atoms with Gasteiger partial charge in [-0.25, -0.2) is 0 Å². The van der Waals surface area contributed by atoms with E-state index in [-0.39, 0.29) is 30.1 Å². The Hall–Kier alpha value is -1.68. The van der Waals surface area contributed by atoms with Crippen LogP contribution < -0.4 is 0 Å². The maximum atomic E-state index is 12.1. The van der Waals surface area contributed by atoms with Crippen molar-refractivity contribution in [3.8, 4) is 0 Å². The summed E-state index contributed by atoms with van der Waals surface area (Å²) in [6.07, 6.45) is 0.482. The molecule has 1 heterocycles. The van der Waals surface area contributed by atoms with Crippen molar-refractivity contribution in [2.45, 2.75) is 32.2 Å². The molecule has 19 heavy (non-hydrogen) atoms. The lowest BCUT2D eigenvalue weighted by atomic mass is 10.0. The number of rotatable bonds is 4. The highest BCUT2D eigenvalue weighted by molar-refractivity contribution is 5.97. The van der Waals surface area contributed by atoms with Gasteiger partial charge in [-0.1, -0.05) is 30.3 Å². The molecule has 1 saturated heterocycles. The minimum Gasteiger partial charge on any atom is -0.359 e. The normalized spacial score (nSPS) is 17.5. The molecule has 1 aliphatic heterocycles. The lowest BCUT2D eigenvalue weighted by molar-refractivity contribution is -0.135. The highest BCUT2D eigenvalue weighted by atomic mass is 16.5. The summed E-state index contributed by atoms with van der Waals surface area (Å²) in [5, 5.41) is 0. The van der Waals surface area contributed by atoms with Gasteiger partial charge in [0, 0.05) is 18.4 Å². The maximum Gasteiger partial charge on any atom is 0.225 e. The molecule has 0 unspecified atom stereocenters. The molecule has 1 amide bonds. The molecule has 0 aliphatic carbocycles. The molecule has 0 saturated carbocycles. The Kier molecular flexibility index (Phi) is 4.00. The number of Topliss-reactive ketones (excluding diaryl/α,β-unsaturated/α-hetero) is 1. The van der Waals surface area contributed by atoms with Gasteiger partial charge in [-0.05, 0) is 13.8 Å². The average Bonchev–Trinajstić information content (AvgIpc) is 2.76. The standard InChI is InChI=1S/C15H19NO3/c1-15(2)10-19-11-16(15)14(18)9-8-13(17)12-6-4-3-5-7-12/h3-7H,8-11H2,1-2H3. The first-order chi connectivity index (χ1) is 9.00. The van der Waals surface area contributed by atoms with Gasteiger partial charge >= 0.3 is 0 Å². The van der Waals surface area contributed by atoms with Gasteiger partial charge in [-0.15, -0.1) is 0 Å². The molecule has 0 radical (unpaired) electrons. The van der Waals surface area contributed by atoms with E-state index in [1.54, 1.807) is 17.0 Å². The third-order valence-corrected chi connectivity index (χ3v) is 3.37. The average molecular weight is 261 g/mol. The van der Waals surface area contributed by atoms with Crippen LogP contribution in [0.3, 0.4) is 0 Å². The number of ketones is 1. The highest BCUT2D eigenvalue weighted by Gasteiger charge is 2.36. The first-order valence-electron chi connectivity index (χ1n) is 6.47. The second-order valence-electron chi connectivity index (χ2n) is 5.40. The highest BCUT2D eigenvalue weighted by Crippen LogP contribution is 2.22. The molecular formula is C15H19NO3. The third-order valence-electron chi connectivity index (χ3n) is 3.37. The topological polar surface area (TPSA) is 46.6 Å². The summed E-state index contributed by atoms with van der Waals surface area (Å²) in [7, 11) is 0. The Morgan fingerprint density at radius 2 is 1.89 bits per heavy atom. The van der Waals surface area contributed by atoms with Gasteiger partial charge in [0.1, 0.15) is 6.73 Å². The van der Waals surface area contributed by atoms with Crippen LogP contribution in [-0.4, -0.2) is 35.5 Å². The summed E-state index contributed by atoms with van der Waals surface area (Å²) in [4.78, 5) is 25.7. The van der Waals surface area contributed by atoms with Crippen LogP contribution >= 0.6 is 0 Å². The van der Waals surface area contributed by atoms with Crippen LogP contribution in [0.1, 0.15) is 37.0 Å². The van der Waals surface area contributed by atoms with Gasteiger partial charge in [-0.3, -0.25) is 9.59 Å². The molecule has 4 nitrogen and oxygen atoms in total. The minimum atomic E-state index is -0.271. The lowest BCUT2D eigenvalue weighted by Crippen LogP contribution is -2.44. The molecule has 2 rings (SSSR count). The fourth-order valence-electron chi connectivity index (χ4n) is 2.17. The first-order valence-corrected chi connectivity index (χ1v) is 6.47. The van der Waals surface area contributed by atoms with E-state index in [0.29, 0.717) is 18.9 Å². The van der Waals surface area contributed by atoms with Gasteiger partial charge in [0.2, 0.25) is 5.91 Å². The van der Waals surface area contributed by atoms with E-state index >= 15 is 0 Å². The van der Waals surface area contributed by atoms with Crippen molar-refractivity contribution in [3.05, 3.63) is 35.9 Å². The van der Waals surface area contributed by atoms with Crippen LogP contribution in [0.5, 0.6) is 0 Å². The fraction of sp³-hybridized carbons (Fsp3) is 0.467. The predicted molar refractivity (Wildman–Crippen MR) is 71.8 cm³/mol. The largest absolute Gasteiger partial charge is 0.359 e. The van der Waals surface area contributed by atoms with E-state index in [0.717, 1.165) is 0 Å². The van der Waals surface area contributed by atoms with Crippen molar-refractivity contribution < 1.29 is 14.3 Å². The predicted octanol–water partition coefficient (Wildman–Crippen LogP) is 2.24. The van der Waals surface area contributed by atoms with E-state index in [2.05, 4.69) is 0 Å². The van der Waals surface area contributed by atoms with Crippen molar-refractivity contribution in [1.82, 2.24) is 4.90 Å². The zero-order chi connectivity index (χ0) is 13.9. The molecule has 0 spiro atoms. The summed E-state index contributed by atoms with van der Waals surface area (Å²) in [6.45, 7) is 4.81. The molecule has 1 fully saturated rings. The molecule has 0 bridgehead atoms. The molecule has 1 aromatic carbocycles. The van der Waals surface area contributed by atoms with E-state index in [9.17, 15) is 9.59 Å². The summed E-state index contributed by atoms with van der Waals surface area (Å²) in [5.74, 6) is -0.0151. The van der Waals surface area contributed by atoms with Crippen LogP contribution in [0.2, 0.25) is 0 Å². The number of carbonyl (C=O) groups is 2. The number of benzene rings is 1. The molecule has 1 aromatic rings. The summed E-state index contributed by atoms with van der Waals surface area (Å²) in [5.41, 5.74) is 0.389. The van der Waals surface area contributed by atoms with Crippen molar-refractivity contribution in [1.29, 1.82) is 0 Å². The SMILES string of the molecule is CC1(C)COCN1C(=O)CCC(=O)c1ccccc1. The molecule has 4 heteroatoms. The molecule has 0 atom stereocenters. The molecule has 0 aromatic heterocycles. The Labute approximate surface area is 113 Å². The van der Waals surface area contributed by atoms with Gasteiger partial charge in [0.25, 0.3) is 0 Å². The quantitative estimate of drug-likeness (QED) is 0.781. The monoisotopic (exact) mass is 261 g/mol. The van der Waals surface area contributed by atoms with Crippen molar-refractivity contribution >= 4 is 11.7 Å². The van der Waals surface area contributed by atoms with E-state index in [1.807, 2.05) is 32.0 Å². The second-order valence-corrected chi connectivity index (χ2v) is 5.40. The van der Waals surface area contributed by atoms with Crippen molar-refractivity contribution in [3.63, 3.8) is 0 Å². The van der Waals surface area contributed by atoms with E-state index < -0.39 is 0 Å².